The number of anilines is 1. The van der Waals surface area contributed by atoms with Crippen molar-refractivity contribution in [3.05, 3.63) is 64.7 Å². The molecule has 2 atom stereocenters. The lowest BCUT2D eigenvalue weighted by Crippen LogP contribution is -2.50. The highest BCUT2D eigenvalue weighted by molar-refractivity contribution is 7.92. The van der Waals surface area contributed by atoms with E-state index >= 15 is 0 Å². The molecule has 0 saturated carbocycles. The van der Waals surface area contributed by atoms with Gasteiger partial charge in [-0.2, -0.15) is 0 Å². The van der Waals surface area contributed by atoms with Gasteiger partial charge in [-0.25, -0.2) is 8.42 Å². The number of hydrogen-bond acceptors (Lipinski definition) is 3. The quantitative estimate of drug-likeness (QED) is 0.776. The minimum atomic E-state index is -3.64. The van der Waals surface area contributed by atoms with Crippen LogP contribution in [-0.2, 0) is 21.2 Å². The van der Waals surface area contributed by atoms with Crippen molar-refractivity contribution in [2.45, 2.75) is 58.5 Å². The molecular formula is C23H30N2O3S. The number of hydrogen-bond donors (Lipinski definition) is 1. The van der Waals surface area contributed by atoms with E-state index in [9.17, 15) is 13.2 Å². The van der Waals surface area contributed by atoms with Gasteiger partial charge >= 0.3 is 0 Å². The Morgan fingerprint density at radius 1 is 1.17 bits per heavy atom. The van der Waals surface area contributed by atoms with Gasteiger partial charge in [-0.1, -0.05) is 37.3 Å². The fourth-order valence-corrected chi connectivity index (χ4v) is 5.51. The number of nitrogens with zero attached hydrogens (tertiary/aromatic N) is 1. The Morgan fingerprint density at radius 2 is 1.83 bits per heavy atom. The molecule has 0 bridgehead atoms. The summed E-state index contributed by atoms with van der Waals surface area (Å²) in [4.78, 5) is 13.3. The molecule has 29 heavy (non-hydrogen) atoms. The number of amides is 1. The highest BCUT2D eigenvalue weighted by Crippen LogP contribution is 2.30. The molecule has 3 rings (SSSR count). The lowest BCUT2D eigenvalue weighted by Gasteiger charge is -2.33. The predicted octanol–water partition coefficient (Wildman–Crippen LogP) is 4.04. The molecular weight excluding hydrogens is 384 g/mol. The Morgan fingerprint density at radius 3 is 2.45 bits per heavy atom. The second kappa shape index (κ2) is 8.57. The zero-order valence-corrected chi connectivity index (χ0v) is 18.4. The zero-order valence-electron chi connectivity index (χ0n) is 17.6. The first-order chi connectivity index (χ1) is 13.7. The van der Waals surface area contributed by atoms with Crippen LogP contribution in [-0.4, -0.2) is 26.6 Å². The third kappa shape index (κ3) is 4.81. The van der Waals surface area contributed by atoms with Gasteiger partial charge in [-0.15, -0.1) is 0 Å². The maximum atomic E-state index is 13.3. The molecule has 0 radical (unpaired) electrons. The Labute approximate surface area is 174 Å². The third-order valence-corrected chi connectivity index (χ3v) is 6.66. The summed E-state index contributed by atoms with van der Waals surface area (Å²) in [6.07, 6.45) is 4.43. The van der Waals surface area contributed by atoms with Crippen molar-refractivity contribution in [2.24, 2.45) is 0 Å². The van der Waals surface area contributed by atoms with Crippen molar-refractivity contribution in [1.82, 2.24) is 5.32 Å². The van der Waals surface area contributed by atoms with Crippen LogP contribution >= 0.6 is 0 Å². The van der Waals surface area contributed by atoms with Crippen LogP contribution in [0.15, 0.2) is 42.5 Å². The van der Waals surface area contributed by atoms with E-state index in [2.05, 4.69) is 17.4 Å². The first-order valence-electron chi connectivity index (χ1n) is 10.2. The predicted molar refractivity (Wildman–Crippen MR) is 118 cm³/mol. The van der Waals surface area contributed by atoms with Gasteiger partial charge in [0.15, 0.2) is 0 Å². The molecule has 2 aromatic rings. The molecule has 1 aliphatic rings. The Kier molecular flexibility index (Phi) is 6.32. The first-order valence-corrected chi connectivity index (χ1v) is 12.0. The number of benzene rings is 2. The van der Waals surface area contributed by atoms with E-state index in [1.54, 1.807) is 0 Å². The first kappa shape index (κ1) is 21.4. The lowest BCUT2D eigenvalue weighted by atomic mass is 9.87. The standard InChI is InChI=1S/C23H30N2O3S/c1-5-22(25(29(4,27)28)19-14-16(2)13-17(3)15-19)23(26)24-21-12-8-10-18-9-6-7-11-20(18)21/h6-7,9,11,13-15,21-22H,5,8,10,12H2,1-4H3,(H,24,26)/t21-,22-/m0/s1. The number of rotatable bonds is 6. The Bertz CT molecular complexity index is 981. The molecule has 1 N–H and O–H groups in total. The van der Waals surface area contributed by atoms with E-state index in [0.717, 1.165) is 42.2 Å². The number of sulfonamides is 1. The minimum Gasteiger partial charge on any atom is -0.347 e. The van der Waals surface area contributed by atoms with Crippen LogP contribution < -0.4 is 9.62 Å². The summed E-state index contributed by atoms with van der Waals surface area (Å²) in [5, 5.41) is 3.13. The fraction of sp³-hybridized carbons (Fsp3) is 0.435. The van der Waals surface area contributed by atoms with Crippen molar-refractivity contribution in [1.29, 1.82) is 0 Å². The van der Waals surface area contributed by atoms with Crippen molar-refractivity contribution in [2.75, 3.05) is 10.6 Å². The van der Waals surface area contributed by atoms with Crippen LogP contribution in [0.3, 0.4) is 0 Å². The second-order valence-corrected chi connectivity index (χ2v) is 9.84. The zero-order chi connectivity index (χ0) is 21.2. The average Bonchev–Trinajstić information content (AvgIpc) is 2.64. The molecule has 0 spiro atoms. The van der Waals surface area contributed by atoms with E-state index in [4.69, 9.17) is 0 Å². The topological polar surface area (TPSA) is 66.5 Å². The van der Waals surface area contributed by atoms with Crippen LogP contribution in [0.4, 0.5) is 5.69 Å². The highest BCUT2D eigenvalue weighted by Gasteiger charge is 2.33. The molecule has 0 aromatic heterocycles. The molecule has 1 amide bonds. The summed E-state index contributed by atoms with van der Waals surface area (Å²) in [6.45, 7) is 5.70. The van der Waals surface area contributed by atoms with Gasteiger partial charge in [-0.05, 0) is 73.9 Å². The molecule has 2 aromatic carbocycles. The number of carbonyl (C=O) groups excluding carboxylic acids is 1. The average molecular weight is 415 g/mol. The number of aryl methyl sites for hydroxylation is 3. The van der Waals surface area contributed by atoms with Gasteiger partial charge in [0.25, 0.3) is 0 Å². The van der Waals surface area contributed by atoms with Gasteiger partial charge in [-0.3, -0.25) is 9.10 Å². The van der Waals surface area contributed by atoms with Gasteiger partial charge in [0.2, 0.25) is 15.9 Å². The van der Waals surface area contributed by atoms with Crippen LogP contribution in [0.5, 0.6) is 0 Å². The van der Waals surface area contributed by atoms with Crippen molar-refractivity contribution >= 4 is 21.6 Å². The van der Waals surface area contributed by atoms with Crippen LogP contribution in [0.25, 0.3) is 0 Å². The SMILES string of the molecule is CC[C@@H](C(=O)N[C@H]1CCCc2ccccc21)N(c1cc(C)cc(C)c1)S(C)(=O)=O. The van der Waals surface area contributed by atoms with Gasteiger partial charge < -0.3 is 5.32 Å². The second-order valence-electron chi connectivity index (χ2n) is 7.98. The maximum Gasteiger partial charge on any atom is 0.244 e. The Hall–Kier alpha value is -2.34. The molecule has 156 valence electrons. The Balaban J connectivity index is 1.92. The molecule has 0 fully saturated rings. The van der Waals surface area contributed by atoms with Gasteiger partial charge in [0.1, 0.15) is 6.04 Å². The summed E-state index contributed by atoms with van der Waals surface area (Å²) in [7, 11) is -3.64. The molecule has 5 nitrogen and oxygen atoms in total. The van der Waals surface area contributed by atoms with Gasteiger partial charge in [0.05, 0.1) is 18.0 Å². The molecule has 0 saturated heterocycles. The van der Waals surface area contributed by atoms with E-state index in [-0.39, 0.29) is 11.9 Å². The van der Waals surface area contributed by atoms with Gasteiger partial charge in [0, 0.05) is 0 Å². The lowest BCUT2D eigenvalue weighted by molar-refractivity contribution is -0.123. The monoisotopic (exact) mass is 414 g/mol. The highest BCUT2D eigenvalue weighted by atomic mass is 32.2. The largest absolute Gasteiger partial charge is 0.347 e. The maximum absolute atomic E-state index is 13.3. The van der Waals surface area contributed by atoms with Crippen molar-refractivity contribution < 1.29 is 13.2 Å². The molecule has 0 unspecified atom stereocenters. The number of carbonyl (C=O) groups is 1. The minimum absolute atomic E-state index is 0.0813. The van der Waals surface area contributed by atoms with Crippen molar-refractivity contribution in [3.63, 3.8) is 0 Å². The van der Waals surface area contributed by atoms with Crippen LogP contribution in [0, 0.1) is 13.8 Å². The summed E-state index contributed by atoms with van der Waals surface area (Å²) >= 11 is 0. The molecule has 0 heterocycles. The van der Waals surface area contributed by atoms with Crippen LogP contribution in [0.2, 0.25) is 0 Å². The summed E-state index contributed by atoms with van der Waals surface area (Å²) < 4.78 is 26.7. The van der Waals surface area contributed by atoms with Crippen molar-refractivity contribution in [3.8, 4) is 0 Å². The number of nitrogens with one attached hydrogen (secondary N) is 1. The summed E-state index contributed by atoms with van der Waals surface area (Å²) in [5.41, 5.74) is 4.86. The molecule has 0 aliphatic heterocycles. The number of fused-ring (bicyclic) bond motifs is 1. The molecule has 1 aliphatic carbocycles. The summed E-state index contributed by atoms with van der Waals surface area (Å²) in [5.74, 6) is -0.251. The fourth-order valence-electron chi connectivity index (χ4n) is 4.31. The third-order valence-electron chi connectivity index (χ3n) is 5.48. The molecule has 6 heteroatoms. The smallest absolute Gasteiger partial charge is 0.244 e. The normalized spacial score (nSPS) is 17.3. The van der Waals surface area contributed by atoms with Crippen LogP contribution in [0.1, 0.15) is 54.5 Å². The van der Waals surface area contributed by atoms with E-state index < -0.39 is 16.1 Å². The van der Waals surface area contributed by atoms with E-state index in [0.29, 0.717) is 12.1 Å². The van der Waals surface area contributed by atoms with E-state index in [1.165, 1.54) is 9.87 Å². The summed E-state index contributed by atoms with van der Waals surface area (Å²) in [6, 6.07) is 12.9. The van der Waals surface area contributed by atoms with E-state index in [1.807, 2.05) is 51.1 Å².